The summed E-state index contributed by atoms with van der Waals surface area (Å²) >= 11 is 0. The van der Waals surface area contributed by atoms with Crippen molar-refractivity contribution in [3.63, 3.8) is 0 Å². The number of aromatic nitrogens is 2. The Labute approximate surface area is 114 Å². The SMILES string of the molecule is CNC(=O)c1ccn(-c2c(F)cc(CCN)cc2F)n1. The molecular formula is C13H14F2N4O. The Hall–Kier alpha value is -2.28. The standard InChI is InChI=1S/C13H14F2N4O/c1-17-13(20)11-3-5-19(18-11)12-9(14)6-8(2-4-16)7-10(12)15/h3,5-7H,2,4,16H2,1H3,(H,17,20). The summed E-state index contributed by atoms with van der Waals surface area (Å²) in [7, 11) is 1.45. The first-order valence-electron chi connectivity index (χ1n) is 6.03. The van der Waals surface area contributed by atoms with E-state index in [0.717, 1.165) is 4.68 Å². The van der Waals surface area contributed by atoms with Gasteiger partial charge in [0.05, 0.1) is 0 Å². The Kier molecular flexibility index (Phi) is 4.09. The quantitative estimate of drug-likeness (QED) is 0.878. The molecule has 0 unspecified atom stereocenters. The molecule has 0 spiro atoms. The van der Waals surface area contributed by atoms with Crippen molar-refractivity contribution in [3.8, 4) is 5.69 Å². The van der Waals surface area contributed by atoms with Crippen molar-refractivity contribution in [1.82, 2.24) is 15.1 Å². The third-order valence-electron chi connectivity index (χ3n) is 2.79. The highest BCUT2D eigenvalue weighted by molar-refractivity contribution is 5.91. The number of halogens is 2. The van der Waals surface area contributed by atoms with Gasteiger partial charge in [-0.3, -0.25) is 4.79 Å². The van der Waals surface area contributed by atoms with Gasteiger partial charge in [0.2, 0.25) is 0 Å². The van der Waals surface area contributed by atoms with Crippen molar-refractivity contribution in [3.05, 3.63) is 47.3 Å². The van der Waals surface area contributed by atoms with Crippen molar-refractivity contribution < 1.29 is 13.6 Å². The molecule has 0 atom stereocenters. The highest BCUT2D eigenvalue weighted by atomic mass is 19.1. The van der Waals surface area contributed by atoms with E-state index in [1.807, 2.05) is 0 Å². The number of benzene rings is 1. The maximum Gasteiger partial charge on any atom is 0.271 e. The van der Waals surface area contributed by atoms with Gasteiger partial charge in [0.1, 0.15) is 5.69 Å². The van der Waals surface area contributed by atoms with Gasteiger partial charge in [-0.05, 0) is 36.7 Å². The van der Waals surface area contributed by atoms with Crippen LogP contribution in [0.2, 0.25) is 0 Å². The van der Waals surface area contributed by atoms with Crippen molar-refractivity contribution >= 4 is 5.91 Å². The lowest BCUT2D eigenvalue weighted by Gasteiger charge is -2.07. The third kappa shape index (κ3) is 2.67. The maximum atomic E-state index is 14.0. The molecule has 0 bridgehead atoms. The molecule has 20 heavy (non-hydrogen) atoms. The molecule has 106 valence electrons. The van der Waals surface area contributed by atoms with Gasteiger partial charge in [-0.2, -0.15) is 5.10 Å². The molecule has 2 aromatic rings. The number of nitrogens with zero attached hydrogens (tertiary/aromatic N) is 2. The molecule has 3 N–H and O–H groups in total. The second-order valence-corrected chi connectivity index (χ2v) is 4.17. The summed E-state index contributed by atoms with van der Waals surface area (Å²) in [6, 6.07) is 3.81. The van der Waals surface area contributed by atoms with Crippen LogP contribution in [0, 0.1) is 11.6 Å². The van der Waals surface area contributed by atoms with Crippen LogP contribution < -0.4 is 11.1 Å². The normalized spacial score (nSPS) is 10.6. The summed E-state index contributed by atoms with van der Waals surface area (Å²) in [6.07, 6.45) is 1.71. The molecule has 0 aliphatic heterocycles. The third-order valence-corrected chi connectivity index (χ3v) is 2.79. The monoisotopic (exact) mass is 280 g/mol. The molecule has 0 aliphatic carbocycles. The fraction of sp³-hybridized carbons (Fsp3) is 0.231. The van der Waals surface area contributed by atoms with Gasteiger partial charge in [0.25, 0.3) is 5.91 Å². The Bertz CT molecular complexity index is 616. The van der Waals surface area contributed by atoms with Gasteiger partial charge in [-0.1, -0.05) is 0 Å². The fourth-order valence-corrected chi connectivity index (χ4v) is 1.85. The zero-order valence-electron chi connectivity index (χ0n) is 10.9. The lowest BCUT2D eigenvalue weighted by atomic mass is 10.1. The van der Waals surface area contributed by atoms with E-state index in [-0.39, 0.29) is 11.4 Å². The van der Waals surface area contributed by atoms with E-state index in [1.165, 1.54) is 31.4 Å². The Balaban J connectivity index is 2.42. The Morgan fingerprint density at radius 1 is 1.40 bits per heavy atom. The first kappa shape index (κ1) is 14.1. The molecule has 1 aromatic heterocycles. The first-order valence-corrected chi connectivity index (χ1v) is 6.03. The number of carbonyl (C=O) groups is 1. The minimum Gasteiger partial charge on any atom is -0.354 e. The summed E-state index contributed by atoms with van der Waals surface area (Å²) in [5, 5.41) is 6.23. The molecule has 0 fully saturated rings. The van der Waals surface area contributed by atoms with E-state index >= 15 is 0 Å². The number of rotatable bonds is 4. The molecule has 0 radical (unpaired) electrons. The average molecular weight is 280 g/mol. The molecule has 5 nitrogen and oxygen atoms in total. The zero-order chi connectivity index (χ0) is 14.7. The topological polar surface area (TPSA) is 72.9 Å². The Morgan fingerprint density at radius 2 is 2.05 bits per heavy atom. The second kappa shape index (κ2) is 5.79. The largest absolute Gasteiger partial charge is 0.354 e. The highest BCUT2D eigenvalue weighted by Gasteiger charge is 2.16. The zero-order valence-corrected chi connectivity index (χ0v) is 10.9. The van der Waals surface area contributed by atoms with Crippen LogP contribution in [0.25, 0.3) is 5.69 Å². The van der Waals surface area contributed by atoms with Gasteiger partial charge in [-0.25, -0.2) is 13.5 Å². The predicted octanol–water partition coefficient (Wildman–Crippen LogP) is 1.01. The van der Waals surface area contributed by atoms with Gasteiger partial charge in [0.15, 0.2) is 17.3 Å². The van der Waals surface area contributed by atoms with Crippen LogP contribution in [0.15, 0.2) is 24.4 Å². The summed E-state index contributed by atoms with van der Waals surface area (Å²) in [4.78, 5) is 11.4. The van der Waals surface area contributed by atoms with Crippen LogP contribution in [-0.4, -0.2) is 29.3 Å². The molecule has 1 heterocycles. The van der Waals surface area contributed by atoms with Crippen molar-refractivity contribution in [2.24, 2.45) is 5.73 Å². The van der Waals surface area contributed by atoms with Gasteiger partial charge < -0.3 is 11.1 Å². The number of amides is 1. The van der Waals surface area contributed by atoms with Crippen LogP contribution in [0.1, 0.15) is 16.1 Å². The number of hydrogen-bond acceptors (Lipinski definition) is 3. The number of hydrogen-bond donors (Lipinski definition) is 2. The average Bonchev–Trinajstić information content (AvgIpc) is 2.87. The minimum absolute atomic E-state index is 0.0809. The lowest BCUT2D eigenvalue weighted by molar-refractivity contribution is 0.0957. The summed E-state index contributed by atoms with van der Waals surface area (Å²) in [5.41, 5.74) is 5.59. The molecule has 0 aliphatic rings. The van der Waals surface area contributed by atoms with E-state index in [0.29, 0.717) is 18.5 Å². The van der Waals surface area contributed by atoms with E-state index in [1.54, 1.807) is 0 Å². The van der Waals surface area contributed by atoms with E-state index in [9.17, 15) is 13.6 Å². The molecule has 0 saturated heterocycles. The smallest absolute Gasteiger partial charge is 0.271 e. The lowest BCUT2D eigenvalue weighted by Crippen LogP contribution is -2.18. The van der Waals surface area contributed by atoms with Crippen LogP contribution in [0.5, 0.6) is 0 Å². The Morgan fingerprint density at radius 3 is 2.60 bits per heavy atom. The molecule has 0 saturated carbocycles. The number of carbonyl (C=O) groups excluding carboxylic acids is 1. The minimum atomic E-state index is -0.750. The van der Waals surface area contributed by atoms with Gasteiger partial charge in [0, 0.05) is 13.2 Å². The summed E-state index contributed by atoms with van der Waals surface area (Å²) in [6.45, 7) is 0.306. The summed E-state index contributed by atoms with van der Waals surface area (Å²) < 4.78 is 28.9. The molecular weight excluding hydrogens is 266 g/mol. The van der Waals surface area contributed by atoms with Crippen molar-refractivity contribution in [2.45, 2.75) is 6.42 Å². The van der Waals surface area contributed by atoms with Crippen molar-refractivity contribution in [1.29, 1.82) is 0 Å². The molecule has 1 aromatic carbocycles. The number of nitrogens with one attached hydrogen (secondary N) is 1. The van der Waals surface area contributed by atoms with Crippen LogP contribution >= 0.6 is 0 Å². The predicted molar refractivity (Wildman–Crippen MR) is 69.6 cm³/mol. The highest BCUT2D eigenvalue weighted by Crippen LogP contribution is 2.19. The van der Waals surface area contributed by atoms with Crippen LogP contribution in [0.3, 0.4) is 0 Å². The van der Waals surface area contributed by atoms with Gasteiger partial charge >= 0.3 is 0 Å². The van der Waals surface area contributed by atoms with Crippen LogP contribution in [-0.2, 0) is 6.42 Å². The summed E-state index contributed by atoms with van der Waals surface area (Å²) in [5.74, 6) is -1.93. The van der Waals surface area contributed by atoms with Crippen molar-refractivity contribution in [2.75, 3.05) is 13.6 Å². The molecule has 1 amide bonds. The molecule has 2 rings (SSSR count). The van der Waals surface area contributed by atoms with E-state index < -0.39 is 17.5 Å². The number of nitrogens with two attached hydrogens (primary N) is 1. The van der Waals surface area contributed by atoms with Crippen LogP contribution in [0.4, 0.5) is 8.78 Å². The second-order valence-electron chi connectivity index (χ2n) is 4.17. The maximum absolute atomic E-state index is 14.0. The van der Waals surface area contributed by atoms with Gasteiger partial charge in [-0.15, -0.1) is 0 Å². The van der Waals surface area contributed by atoms with E-state index in [4.69, 9.17) is 5.73 Å². The first-order chi connectivity index (χ1) is 9.56. The molecule has 7 heteroatoms. The van der Waals surface area contributed by atoms with E-state index in [2.05, 4.69) is 10.4 Å². The fourth-order valence-electron chi connectivity index (χ4n) is 1.85.